The van der Waals surface area contributed by atoms with Crippen molar-refractivity contribution in [3.05, 3.63) is 265 Å². The number of nitrogens with one attached hydrogen (secondary N) is 3. The van der Waals surface area contributed by atoms with Crippen LogP contribution in [0.1, 0.15) is 113 Å². The molecule has 0 aliphatic rings. The Morgan fingerprint density at radius 3 is 0.981 bits per heavy atom. The van der Waals surface area contributed by atoms with E-state index in [9.17, 15) is 24.4 Å². The molecule has 0 saturated carbocycles. The molecule has 0 aliphatic heterocycles. The molecule has 0 atom stereocenters. The van der Waals surface area contributed by atoms with Gasteiger partial charge in [0.15, 0.2) is 0 Å². The molecule has 550 valence electrons. The SMILES string of the molecule is CC.CC.CC.CC.CN(CCCCn1c2ccccc2c2ccccc21)CC(=O)NO.CN(O)C(=O)c1ccc(Cn2c3ccccc3c3ccccc32)cc1.CONC(=O)c1ccc(Cn2c3ccccc3c3ccccc32)cc1.O=C(COCCCCn1c2ccccc2c2ccccc21)NO. The van der Waals surface area contributed by atoms with Crippen LogP contribution in [0.4, 0.5) is 0 Å². The van der Waals surface area contributed by atoms with Crippen molar-refractivity contribution in [3.63, 3.8) is 0 Å². The number of hydrogen-bond acceptors (Lipinski definition) is 10. The number of fused-ring (bicyclic) bond motifs is 12. The number of hydrogen-bond donors (Lipinski definition) is 6. The van der Waals surface area contributed by atoms with Crippen LogP contribution in [0.2, 0.25) is 0 Å². The van der Waals surface area contributed by atoms with E-state index < -0.39 is 11.8 Å². The number of aromatic nitrogens is 4. The zero-order chi connectivity index (χ0) is 75.6. The van der Waals surface area contributed by atoms with E-state index in [0.29, 0.717) is 22.8 Å². The summed E-state index contributed by atoms with van der Waals surface area (Å²) in [6.45, 7) is 20.8. The summed E-state index contributed by atoms with van der Waals surface area (Å²) in [4.78, 5) is 52.1. The molecule has 0 aliphatic carbocycles. The van der Waals surface area contributed by atoms with Gasteiger partial charge in [-0.15, -0.1) is 0 Å². The smallest absolute Gasteiger partial charge is 0.276 e. The molecule has 105 heavy (non-hydrogen) atoms. The Labute approximate surface area is 616 Å². The van der Waals surface area contributed by atoms with Gasteiger partial charge in [0, 0.05) is 138 Å². The van der Waals surface area contributed by atoms with Crippen LogP contribution in [0.5, 0.6) is 0 Å². The normalized spacial score (nSPS) is 10.6. The van der Waals surface area contributed by atoms with E-state index in [1.54, 1.807) is 23.1 Å². The third kappa shape index (κ3) is 20.9. The first-order chi connectivity index (χ1) is 51.4. The number of nitrogens with zero attached hydrogens (tertiary/aromatic N) is 6. The van der Waals surface area contributed by atoms with E-state index in [0.717, 1.165) is 69.5 Å². The van der Waals surface area contributed by atoms with Crippen LogP contribution in [0.25, 0.3) is 87.2 Å². The fourth-order valence-electron chi connectivity index (χ4n) is 12.7. The minimum absolute atomic E-state index is 0.105. The second-order valence-corrected chi connectivity index (χ2v) is 23.7. The van der Waals surface area contributed by atoms with Crippen molar-refractivity contribution in [1.82, 2.24) is 44.7 Å². The number of unbranched alkanes of at least 4 members (excludes halogenated alkanes) is 2. The molecule has 14 rings (SSSR count). The minimum Gasteiger partial charge on any atom is -0.372 e. The number of carbonyl (C=O) groups excluding carboxylic acids is 4. The average Bonchev–Trinajstić information content (AvgIpc) is 1.64. The van der Waals surface area contributed by atoms with Crippen molar-refractivity contribution >= 4 is 111 Å². The van der Waals surface area contributed by atoms with Gasteiger partial charge in [0.2, 0.25) is 0 Å². The first-order valence-corrected chi connectivity index (χ1v) is 36.4. The van der Waals surface area contributed by atoms with Crippen LogP contribution >= 0.6 is 0 Å². The number of carbonyl (C=O) groups is 4. The van der Waals surface area contributed by atoms with Crippen molar-refractivity contribution in [1.29, 1.82) is 0 Å². The quantitative estimate of drug-likeness (QED) is 0.0228. The Bertz CT molecular complexity index is 4800. The number of amides is 4. The summed E-state index contributed by atoms with van der Waals surface area (Å²) in [7, 11) is 4.64. The van der Waals surface area contributed by atoms with E-state index in [1.165, 1.54) is 101 Å². The molecular weight excluding hydrogens is 1320 g/mol. The lowest BCUT2D eigenvalue weighted by atomic mass is 10.1. The number of rotatable bonds is 21. The van der Waals surface area contributed by atoms with Gasteiger partial charge in [0.1, 0.15) is 6.61 Å². The highest BCUT2D eigenvalue weighted by Crippen LogP contribution is 2.33. The van der Waals surface area contributed by atoms with Crippen molar-refractivity contribution in [2.45, 2.75) is 107 Å². The standard InChI is InChI=1S/2C21H18N2O2.C19H23N3O2.C18H20N2O3.4C2H6/c1-25-22-21(24)16-12-10-15(11-13-16)14-23-19-8-4-2-6-17(19)18-7-3-5-9-20(18)23;1-22(25)21(24)16-12-10-15(11-13-16)14-23-19-8-4-2-6-17(19)18-7-3-5-9-20(18)23;1-21(14-19(23)20-24)12-6-7-13-22-17-10-4-2-8-15(17)16-9-3-5-11-18(16)22;21-18(19-22)13-23-12-6-5-11-20-16-9-3-1-7-14(16)15-8-2-4-10-17(15)20;4*1-2/h2-13H,14H2,1H3,(H,22,24);2-13,25H,14H2,1H3;2-5,8-11,24H,6-7,12-14H2,1H3,(H,20,23);1-4,7-10,22H,5-6,11-13H2,(H,19,21);4*1-2H3. The highest BCUT2D eigenvalue weighted by Gasteiger charge is 2.16. The van der Waals surface area contributed by atoms with E-state index >= 15 is 0 Å². The van der Waals surface area contributed by atoms with Gasteiger partial charge in [0.25, 0.3) is 23.6 Å². The Hall–Kier alpha value is -11.0. The summed E-state index contributed by atoms with van der Waals surface area (Å²) < 4.78 is 14.5. The molecule has 0 saturated heterocycles. The molecule has 0 spiro atoms. The van der Waals surface area contributed by atoms with Gasteiger partial charge < -0.3 is 23.0 Å². The van der Waals surface area contributed by atoms with Crippen molar-refractivity contribution in [3.8, 4) is 0 Å². The van der Waals surface area contributed by atoms with Crippen LogP contribution < -0.4 is 16.4 Å². The molecule has 0 fully saturated rings. The van der Waals surface area contributed by atoms with Crippen molar-refractivity contribution in [2.24, 2.45) is 0 Å². The molecule has 0 radical (unpaired) electrons. The minimum atomic E-state index is -0.521. The zero-order valence-corrected chi connectivity index (χ0v) is 62.6. The summed E-state index contributed by atoms with van der Waals surface area (Å²) in [5, 5.41) is 36.9. The van der Waals surface area contributed by atoms with Crippen LogP contribution in [0.3, 0.4) is 0 Å². The second-order valence-electron chi connectivity index (χ2n) is 23.7. The van der Waals surface area contributed by atoms with Crippen LogP contribution in [0, 0.1) is 0 Å². The third-order valence-electron chi connectivity index (χ3n) is 17.3. The average molecular weight is 1420 g/mol. The number of para-hydroxylation sites is 8. The van der Waals surface area contributed by atoms with E-state index in [4.69, 9.17) is 15.2 Å². The van der Waals surface area contributed by atoms with Gasteiger partial charge in [-0.05, 0) is 123 Å². The largest absolute Gasteiger partial charge is 0.372 e. The Morgan fingerprint density at radius 2 is 0.676 bits per heavy atom. The van der Waals surface area contributed by atoms with Gasteiger partial charge in [0.05, 0.1) is 13.7 Å². The van der Waals surface area contributed by atoms with Crippen LogP contribution in [-0.2, 0) is 45.3 Å². The number of hydroxylamine groups is 5. The molecule has 0 unspecified atom stereocenters. The number of likely N-dealkylation sites (N-methyl/N-ethyl adjacent to an activating group) is 1. The Morgan fingerprint density at radius 1 is 0.381 bits per heavy atom. The van der Waals surface area contributed by atoms with Crippen molar-refractivity contribution in [2.75, 3.05) is 47.5 Å². The predicted octanol–water partition coefficient (Wildman–Crippen LogP) is 18.7. The van der Waals surface area contributed by atoms with Gasteiger partial charge >= 0.3 is 0 Å². The lowest BCUT2D eigenvalue weighted by Gasteiger charge is -2.15. The Kier molecular flexibility index (Phi) is 33.0. The molecule has 4 amide bonds. The molecule has 4 heterocycles. The van der Waals surface area contributed by atoms with Crippen LogP contribution in [-0.4, -0.2) is 115 Å². The summed E-state index contributed by atoms with van der Waals surface area (Å²) in [5.74, 6) is -1.55. The lowest BCUT2D eigenvalue weighted by Crippen LogP contribution is -2.33. The predicted molar refractivity (Wildman–Crippen MR) is 429 cm³/mol. The monoisotopic (exact) mass is 1420 g/mol. The summed E-state index contributed by atoms with van der Waals surface area (Å²) in [6.07, 6.45) is 3.85. The molecule has 4 aromatic heterocycles. The molecule has 18 nitrogen and oxygen atoms in total. The molecule has 14 aromatic rings. The zero-order valence-electron chi connectivity index (χ0n) is 62.6. The summed E-state index contributed by atoms with van der Waals surface area (Å²) in [6, 6.07) is 82.5. The van der Waals surface area contributed by atoms with Gasteiger partial charge in [-0.1, -0.05) is 225 Å². The molecule has 18 heteroatoms. The van der Waals surface area contributed by atoms with Gasteiger partial charge in [-0.2, -0.15) is 0 Å². The topological polar surface area (TPSA) is 210 Å². The lowest BCUT2D eigenvalue weighted by molar-refractivity contribution is -0.134. The molecular formula is C87H103N9O9. The highest BCUT2D eigenvalue weighted by atomic mass is 16.6. The maximum Gasteiger partial charge on any atom is 0.276 e. The van der Waals surface area contributed by atoms with Crippen LogP contribution in [0.15, 0.2) is 243 Å². The third-order valence-corrected chi connectivity index (χ3v) is 17.3. The fraction of sp³-hybridized carbons (Fsp3) is 0.264. The Balaban J connectivity index is 0.000000189. The maximum absolute atomic E-state index is 11.8. The summed E-state index contributed by atoms with van der Waals surface area (Å²) >= 11 is 0. The van der Waals surface area contributed by atoms with E-state index in [2.05, 4.69) is 223 Å². The summed E-state index contributed by atoms with van der Waals surface area (Å²) in [5.41, 5.74) is 18.7. The highest BCUT2D eigenvalue weighted by molar-refractivity contribution is 6.11. The van der Waals surface area contributed by atoms with Gasteiger partial charge in [-0.25, -0.2) is 21.5 Å². The first kappa shape index (κ1) is 81.3. The second kappa shape index (κ2) is 42.6. The maximum atomic E-state index is 11.8. The fourth-order valence-corrected chi connectivity index (χ4v) is 12.7. The number of aryl methyl sites for hydroxylation is 2. The van der Waals surface area contributed by atoms with E-state index in [-0.39, 0.29) is 25.0 Å². The number of ether oxygens (including phenoxy) is 1. The van der Waals surface area contributed by atoms with Crippen molar-refractivity contribution < 1.29 is 44.4 Å². The number of benzene rings is 10. The van der Waals surface area contributed by atoms with E-state index in [1.807, 2.05) is 104 Å². The molecule has 10 aromatic carbocycles. The first-order valence-electron chi connectivity index (χ1n) is 36.4. The van der Waals surface area contributed by atoms with Gasteiger partial charge in [-0.3, -0.25) is 44.5 Å². The molecule has 0 bridgehead atoms. The molecule has 6 N–H and O–H groups in total.